The van der Waals surface area contributed by atoms with E-state index in [-0.39, 0.29) is 0 Å². The lowest BCUT2D eigenvalue weighted by molar-refractivity contribution is 0.415. The van der Waals surface area contributed by atoms with Gasteiger partial charge in [-0.2, -0.15) is 0 Å². The van der Waals surface area contributed by atoms with Crippen molar-refractivity contribution >= 4 is 11.3 Å². The van der Waals surface area contributed by atoms with Crippen molar-refractivity contribution in [2.75, 3.05) is 7.11 Å². The number of ether oxygens (including phenoxy) is 1. The monoisotopic (exact) mass is 233 g/mol. The van der Waals surface area contributed by atoms with Gasteiger partial charge >= 0.3 is 0 Å². The molecule has 1 aromatic heterocycles. The Morgan fingerprint density at radius 3 is 2.44 bits per heavy atom. The average molecular weight is 233 g/mol. The van der Waals surface area contributed by atoms with Crippen molar-refractivity contribution in [2.45, 2.75) is 20.3 Å². The number of methoxy groups -OCH3 is 1. The van der Waals surface area contributed by atoms with Crippen LogP contribution in [0.4, 0.5) is 0 Å². The fourth-order valence-corrected chi connectivity index (χ4v) is 2.62. The molecule has 84 valence electrons. The van der Waals surface area contributed by atoms with Gasteiger partial charge in [-0.25, -0.2) is 4.98 Å². The molecular weight excluding hydrogens is 218 g/mol. The Morgan fingerprint density at radius 2 is 1.94 bits per heavy atom. The molecule has 0 radical (unpaired) electrons. The van der Waals surface area contributed by atoms with E-state index in [9.17, 15) is 0 Å². The lowest BCUT2D eigenvalue weighted by Crippen LogP contribution is -1.84. The van der Waals surface area contributed by atoms with Gasteiger partial charge in [0.15, 0.2) is 0 Å². The molecule has 0 amide bonds. The summed E-state index contributed by atoms with van der Waals surface area (Å²) in [4.78, 5) is 5.94. The van der Waals surface area contributed by atoms with Gasteiger partial charge in [-0.05, 0) is 37.6 Å². The summed E-state index contributed by atoms with van der Waals surface area (Å²) in [6.45, 7) is 4.27. The third-order valence-corrected chi connectivity index (χ3v) is 3.63. The minimum Gasteiger partial charge on any atom is -0.497 e. The Kier molecular flexibility index (Phi) is 3.25. The van der Waals surface area contributed by atoms with E-state index in [1.807, 2.05) is 12.1 Å². The zero-order chi connectivity index (χ0) is 11.5. The van der Waals surface area contributed by atoms with E-state index in [1.165, 1.54) is 10.6 Å². The van der Waals surface area contributed by atoms with Crippen molar-refractivity contribution in [3.05, 3.63) is 34.8 Å². The summed E-state index contributed by atoms with van der Waals surface area (Å²) >= 11 is 1.75. The molecule has 2 rings (SSSR count). The standard InChI is InChI=1S/C13H15NOS/c1-4-12-9(2)16-13(14-12)10-5-7-11(15-3)8-6-10/h5-8H,4H2,1-3H3. The smallest absolute Gasteiger partial charge is 0.123 e. The molecule has 0 aliphatic rings. The van der Waals surface area contributed by atoms with Gasteiger partial charge in [0, 0.05) is 10.4 Å². The molecular formula is C13H15NOS. The summed E-state index contributed by atoms with van der Waals surface area (Å²) < 4.78 is 5.14. The van der Waals surface area contributed by atoms with Gasteiger partial charge in [-0.3, -0.25) is 0 Å². The van der Waals surface area contributed by atoms with Crippen molar-refractivity contribution in [3.8, 4) is 16.3 Å². The molecule has 2 nitrogen and oxygen atoms in total. The molecule has 0 saturated carbocycles. The van der Waals surface area contributed by atoms with E-state index in [0.29, 0.717) is 0 Å². The third kappa shape index (κ3) is 2.09. The fraction of sp³-hybridized carbons (Fsp3) is 0.308. The van der Waals surface area contributed by atoms with Crippen molar-refractivity contribution in [3.63, 3.8) is 0 Å². The molecule has 3 heteroatoms. The van der Waals surface area contributed by atoms with Crippen LogP contribution < -0.4 is 4.74 Å². The number of aryl methyl sites for hydroxylation is 2. The van der Waals surface area contributed by atoms with Crippen LogP contribution in [0, 0.1) is 6.92 Å². The van der Waals surface area contributed by atoms with Crippen molar-refractivity contribution in [1.82, 2.24) is 4.98 Å². The maximum Gasteiger partial charge on any atom is 0.123 e. The molecule has 0 fully saturated rings. The Morgan fingerprint density at radius 1 is 1.25 bits per heavy atom. The van der Waals surface area contributed by atoms with Crippen LogP contribution in [0.15, 0.2) is 24.3 Å². The van der Waals surface area contributed by atoms with Crippen molar-refractivity contribution in [1.29, 1.82) is 0 Å². The van der Waals surface area contributed by atoms with E-state index < -0.39 is 0 Å². The molecule has 0 aliphatic carbocycles. The van der Waals surface area contributed by atoms with Gasteiger partial charge in [0.2, 0.25) is 0 Å². The van der Waals surface area contributed by atoms with Gasteiger partial charge < -0.3 is 4.74 Å². The highest BCUT2D eigenvalue weighted by Gasteiger charge is 2.07. The number of benzene rings is 1. The van der Waals surface area contributed by atoms with Gasteiger partial charge in [-0.15, -0.1) is 11.3 Å². The predicted molar refractivity (Wildman–Crippen MR) is 68.2 cm³/mol. The number of rotatable bonds is 3. The second-order valence-corrected chi connectivity index (χ2v) is 4.81. The van der Waals surface area contributed by atoms with E-state index in [2.05, 4.69) is 31.0 Å². The van der Waals surface area contributed by atoms with Crippen LogP contribution in [0.3, 0.4) is 0 Å². The molecule has 0 bridgehead atoms. The summed E-state index contributed by atoms with van der Waals surface area (Å²) in [6.07, 6.45) is 0.999. The van der Waals surface area contributed by atoms with Gasteiger partial charge in [0.25, 0.3) is 0 Å². The quantitative estimate of drug-likeness (QED) is 0.806. The molecule has 1 aromatic carbocycles. The lowest BCUT2D eigenvalue weighted by Gasteiger charge is -2.00. The number of thiazole rings is 1. The lowest BCUT2D eigenvalue weighted by atomic mass is 10.2. The molecule has 0 aliphatic heterocycles. The van der Waals surface area contributed by atoms with Gasteiger partial charge in [-0.1, -0.05) is 6.92 Å². The first-order valence-electron chi connectivity index (χ1n) is 5.35. The maximum absolute atomic E-state index is 5.14. The molecule has 16 heavy (non-hydrogen) atoms. The van der Waals surface area contributed by atoms with Crippen LogP contribution in [-0.2, 0) is 6.42 Å². The van der Waals surface area contributed by atoms with E-state index in [4.69, 9.17) is 4.74 Å². The number of hydrogen-bond acceptors (Lipinski definition) is 3. The van der Waals surface area contributed by atoms with E-state index in [1.54, 1.807) is 18.4 Å². The summed E-state index contributed by atoms with van der Waals surface area (Å²) in [5, 5.41) is 1.09. The second-order valence-electron chi connectivity index (χ2n) is 3.60. The minimum atomic E-state index is 0.882. The van der Waals surface area contributed by atoms with E-state index in [0.717, 1.165) is 22.7 Å². The zero-order valence-electron chi connectivity index (χ0n) is 9.78. The highest BCUT2D eigenvalue weighted by Crippen LogP contribution is 2.28. The second kappa shape index (κ2) is 4.66. The van der Waals surface area contributed by atoms with Crippen LogP contribution in [0.1, 0.15) is 17.5 Å². The first kappa shape index (κ1) is 11.1. The normalized spacial score (nSPS) is 10.4. The molecule has 0 saturated heterocycles. The molecule has 0 spiro atoms. The Bertz CT molecular complexity index is 473. The van der Waals surface area contributed by atoms with Crippen LogP contribution in [0.25, 0.3) is 10.6 Å². The Labute approximate surface area is 99.9 Å². The average Bonchev–Trinajstić information content (AvgIpc) is 2.71. The molecule has 0 atom stereocenters. The third-order valence-electron chi connectivity index (χ3n) is 2.56. The van der Waals surface area contributed by atoms with Crippen LogP contribution in [0.2, 0.25) is 0 Å². The van der Waals surface area contributed by atoms with Crippen LogP contribution >= 0.6 is 11.3 Å². The topological polar surface area (TPSA) is 22.1 Å². The summed E-state index contributed by atoms with van der Waals surface area (Å²) in [6, 6.07) is 8.04. The molecule has 0 unspecified atom stereocenters. The molecule has 1 heterocycles. The summed E-state index contributed by atoms with van der Waals surface area (Å²) in [5.74, 6) is 0.882. The highest BCUT2D eigenvalue weighted by atomic mass is 32.1. The fourth-order valence-electron chi connectivity index (χ4n) is 1.61. The zero-order valence-corrected chi connectivity index (χ0v) is 10.6. The maximum atomic E-state index is 5.14. The first-order chi connectivity index (χ1) is 7.74. The number of hydrogen-bond donors (Lipinski definition) is 0. The molecule has 0 N–H and O–H groups in total. The largest absolute Gasteiger partial charge is 0.497 e. The Hall–Kier alpha value is -1.35. The van der Waals surface area contributed by atoms with Crippen molar-refractivity contribution < 1.29 is 4.74 Å². The van der Waals surface area contributed by atoms with E-state index >= 15 is 0 Å². The number of nitrogens with zero attached hydrogens (tertiary/aromatic N) is 1. The number of aromatic nitrogens is 1. The van der Waals surface area contributed by atoms with Crippen molar-refractivity contribution in [2.24, 2.45) is 0 Å². The first-order valence-corrected chi connectivity index (χ1v) is 6.17. The SMILES string of the molecule is CCc1nc(-c2ccc(OC)cc2)sc1C. The van der Waals surface area contributed by atoms with Crippen LogP contribution in [-0.4, -0.2) is 12.1 Å². The highest BCUT2D eigenvalue weighted by molar-refractivity contribution is 7.15. The Balaban J connectivity index is 2.34. The van der Waals surface area contributed by atoms with Crippen LogP contribution in [0.5, 0.6) is 5.75 Å². The van der Waals surface area contributed by atoms with Gasteiger partial charge in [0.1, 0.15) is 10.8 Å². The minimum absolute atomic E-state index is 0.882. The van der Waals surface area contributed by atoms with Gasteiger partial charge in [0.05, 0.1) is 12.8 Å². The molecule has 2 aromatic rings. The summed E-state index contributed by atoms with van der Waals surface area (Å²) in [7, 11) is 1.68. The predicted octanol–water partition coefficient (Wildman–Crippen LogP) is 3.69. The summed E-state index contributed by atoms with van der Waals surface area (Å²) in [5.41, 5.74) is 2.37.